The quantitative estimate of drug-likeness (QED) is 0.350. The minimum absolute atomic E-state index is 0.138. The maximum absolute atomic E-state index is 12.6. The summed E-state index contributed by atoms with van der Waals surface area (Å²) in [5.41, 5.74) is 0.915. The molecule has 0 bridgehead atoms. The molecule has 0 amide bonds. The number of hydrogen-bond donors (Lipinski definition) is 1. The van der Waals surface area contributed by atoms with Gasteiger partial charge in [-0.3, -0.25) is 0 Å². The zero-order chi connectivity index (χ0) is 22.1. The van der Waals surface area contributed by atoms with Gasteiger partial charge >= 0.3 is 196 Å². The van der Waals surface area contributed by atoms with Crippen LogP contribution in [0, 0.1) is 3.57 Å². The summed E-state index contributed by atoms with van der Waals surface area (Å²) in [5.74, 6) is 0.560. The van der Waals surface area contributed by atoms with Gasteiger partial charge in [-0.05, 0) is 0 Å². The standard InChI is InChI=1S/C22H22F3IN3OS/c1-26-17-7-5-6-16(14-17)21(15-8-10-18(11-9-15)30-22(23,24)25)19-27-12-3-2-4-13-29(19)20(31)28-21/h5-11,14H,2-4,12-13H2,1H3,(H,28,31)/q-1. The molecule has 4 nitrogen and oxygen atoms in total. The number of benzene rings is 2. The average Bonchev–Trinajstić information content (AvgIpc) is 2.98. The number of alkyl halides is 4. The summed E-state index contributed by atoms with van der Waals surface area (Å²) in [7, 11) is 0. The van der Waals surface area contributed by atoms with Gasteiger partial charge in [0.1, 0.15) is 0 Å². The Labute approximate surface area is 195 Å². The molecular formula is C22H22F3IN3OS-. The van der Waals surface area contributed by atoms with E-state index in [0.29, 0.717) is 11.7 Å². The number of thiocarbonyl (C=S) groups is 1. The van der Waals surface area contributed by atoms with Crippen LogP contribution >= 0.6 is 12.2 Å². The molecule has 166 valence electrons. The van der Waals surface area contributed by atoms with Gasteiger partial charge in [0.2, 0.25) is 0 Å². The maximum atomic E-state index is 12.6. The van der Waals surface area contributed by atoms with Crippen LogP contribution in [0.4, 0.5) is 13.2 Å². The van der Waals surface area contributed by atoms with Crippen LogP contribution in [0.1, 0.15) is 30.4 Å². The van der Waals surface area contributed by atoms with Gasteiger partial charge in [-0.15, -0.1) is 0 Å². The van der Waals surface area contributed by atoms with Gasteiger partial charge in [0.15, 0.2) is 0 Å². The summed E-state index contributed by atoms with van der Waals surface area (Å²) in [6.45, 7) is 1.45. The first-order chi connectivity index (χ1) is 14.8. The molecule has 31 heavy (non-hydrogen) atoms. The Hall–Kier alpha value is -1.88. The van der Waals surface area contributed by atoms with Crippen molar-refractivity contribution in [3.63, 3.8) is 0 Å². The van der Waals surface area contributed by atoms with E-state index >= 15 is 0 Å². The molecule has 0 saturated carbocycles. The molecule has 1 saturated heterocycles. The van der Waals surface area contributed by atoms with Crippen LogP contribution in [-0.4, -0.2) is 40.2 Å². The number of nitrogens with zero attached hydrogens (tertiary/aromatic N) is 2. The molecule has 2 aliphatic rings. The van der Waals surface area contributed by atoms with Crippen molar-refractivity contribution in [3.8, 4) is 5.75 Å². The molecule has 2 aromatic rings. The van der Waals surface area contributed by atoms with Gasteiger partial charge in [0.25, 0.3) is 0 Å². The molecule has 0 radical (unpaired) electrons. The second-order valence-electron chi connectivity index (χ2n) is 7.37. The summed E-state index contributed by atoms with van der Waals surface area (Å²) in [4.78, 5) is 9.17. The number of halogens is 4. The third-order valence-corrected chi connectivity index (χ3v) is 7.67. The Balaban J connectivity index is 1.87. The molecule has 0 spiro atoms. The van der Waals surface area contributed by atoms with Crippen molar-refractivity contribution in [2.75, 3.05) is 18.0 Å². The van der Waals surface area contributed by atoms with Gasteiger partial charge in [-0.1, -0.05) is 0 Å². The zero-order valence-electron chi connectivity index (χ0n) is 16.9. The Morgan fingerprint density at radius 3 is 2.58 bits per heavy atom. The SMILES string of the molecule is C[I-]c1cccc(C2(c3ccc(OC(F)(F)F)cc3)NC(=S)N3CCCCCN=C32)c1. The van der Waals surface area contributed by atoms with E-state index in [-0.39, 0.29) is 27.0 Å². The Morgan fingerprint density at radius 2 is 1.87 bits per heavy atom. The Morgan fingerprint density at radius 1 is 1.10 bits per heavy atom. The van der Waals surface area contributed by atoms with E-state index in [4.69, 9.17) is 17.2 Å². The Kier molecular flexibility index (Phi) is 6.43. The van der Waals surface area contributed by atoms with Crippen LogP contribution in [0.25, 0.3) is 0 Å². The van der Waals surface area contributed by atoms with E-state index in [2.05, 4.69) is 27.1 Å². The van der Waals surface area contributed by atoms with E-state index < -0.39 is 11.9 Å². The number of amidine groups is 1. The molecule has 9 heteroatoms. The first kappa shape index (κ1) is 22.3. The number of hydrogen-bond acceptors (Lipinski definition) is 3. The summed E-state index contributed by atoms with van der Waals surface area (Å²) < 4.78 is 43.3. The predicted molar refractivity (Wildman–Crippen MR) is 114 cm³/mol. The summed E-state index contributed by atoms with van der Waals surface area (Å²) in [6, 6.07) is 14.3. The second kappa shape index (κ2) is 8.93. The number of nitrogens with one attached hydrogen (secondary N) is 1. The first-order valence-electron chi connectivity index (χ1n) is 9.94. The van der Waals surface area contributed by atoms with Crippen LogP contribution in [0.3, 0.4) is 0 Å². The molecule has 2 aliphatic heterocycles. The molecule has 1 unspecified atom stereocenters. The number of rotatable bonds is 4. The number of aliphatic imine (C=N–C) groups is 1. The van der Waals surface area contributed by atoms with Gasteiger partial charge in [0, 0.05) is 0 Å². The summed E-state index contributed by atoms with van der Waals surface area (Å²) in [6.07, 6.45) is -1.64. The third-order valence-electron chi connectivity index (χ3n) is 5.43. The molecule has 1 fully saturated rings. The monoisotopic (exact) mass is 560 g/mol. The normalized spacial score (nSPS) is 21.7. The van der Waals surface area contributed by atoms with Gasteiger partial charge in [-0.2, -0.15) is 0 Å². The molecule has 2 heterocycles. The van der Waals surface area contributed by atoms with E-state index in [9.17, 15) is 13.2 Å². The van der Waals surface area contributed by atoms with Gasteiger partial charge in [-0.25, -0.2) is 0 Å². The topological polar surface area (TPSA) is 36.9 Å². The van der Waals surface area contributed by atoms with Crippen molar-refractivity contribution in [1.82, 2.24) is 10.2 Å². The van der Waals surface area contributed by atoms with Crippen LogP contribution in [0.15, 0.2) is 53.5 Å². The first-order valence-corrected chi connectivity index (χ1v) is 13.6. The second-order valence-corrected chi connectivity index (χ2v) is 10.1. The van der Waals surface area contributed by atoms with Crippen LogP contribution in [0.2, 0.25) is 0 Å². The van der Waals surface area contributed by atoms with Crippen molar-refractivity contribution in [1.29, 1.82) is 0 Å². The predicted octanol–water partition coefficient (Wildman–Crippen LogP) is 1.49. The summed E-state index contributed by atoms with van der Waals surface area (Å²) in [5, 5.41) is 4.08. The molecule has 0 aromatic heterocycles. The summed E-state index contributed by atoms with van der Waals surface area (Å²) >= 11 is 5.56. The minimum atomic E-state index is -4.73. The number of fused-ring (bicyclic) bond motifs is 1. The van der Waals surface area contributed by atoms with E-state index in [1.165, 1.54) is 15.7 Å². The van der Waals surface area contributed by atoms with Gasteiger partial charge < -0.3 is 0 Å². The zero-order valence-corrected chi connectivity index (χ0v) is 19.9. The van der Waals surface area contributed by atoms with Crippen molar-refractivity contribution < 1.29 is 39.1 Å². The fourth-order valence-electron chi connectivity index (χ4n) is 4.05. The van der Waals surface area contributed by atoms with Crippen molar-refractivity contribution >= 4 is 23.2 Å². The Bertz CT molecular complexity index is 996. The molecule has 1 atom stereocenters. The van der Waals surface area contributed by atoms with E-state index in [0.717, 1.165) is 42.8 Å². The van der Waals surface area contributed by atoms with Crippen molar-refractivity contribution in [2.45, 2.75) is 31.2 Å². The van der Waals surface area contributed by atoms with Crippen LogP contribution in [0.5, 0.6) is 5.75 Å². The van der Waals surface area contributed by atoms with E-state index in [1.54, 1.807) is 12.1 Å². The fourth-order valence-corrected chi connectivity index (χ4v) is 5.60. The van der Waals surface area contributed by atoms with E-state index in [1.807, 2.05) is 17.0 Å². The number of ether oxygens (including phenoxy) is 1. The van der Waals surface area contributed by atoms with Crippen LogP contribution < -0.4 is 31.3 Å². The molecule has 4 rings (SSSR count). The molecule has 0 aliphatic carbocycles. The van der Waals surface area contributed by atoms with Crippen molar-refractivity contribution in [2.24, 2.45) is 4.99 Å². The third kappa shape index (κ3) is 4.52. The average molecular weight is 560 g/mol. The van der Waals surface area contributed by atoms with Crippen molar-refractivity contribution in [3.05, 3.63) is 63.2 Å². The molecule has 1 N–H and O–H groups in total. The van der Waals surface area contributed by atoms with Gasteiger partial charge in [0.05, 0.1) is 0 Å². The molecular weight excluding hydrogens is 538 g/mol. The fraction of sp³-hybridized carbons (Fsp3) is 0.364. The van der Waals surface area contributed by atoms with Crippen LogP contribution in [-0.2, 0) is 5.54 Å². The molecule has 2 aromatic carbocycles.